The van der Waals surface area contributed by atoms with Gasteiger partial charge in [-0.15, -0.1) is 0 Å². The number of anilines is 1. The van der Waals surface area contributed by atoms with Crippen LogP contribution in [0.3, 0.4) is 0 Å². The summed E-state index contributed by atoms with van der Waals surface area (Å²) < 4.78 is 0. The number of benzene rings is 2. The standard InChI is InChI=1S/C22H25N3O/c1-4-19-16(2)22(18-12-8-9-13-20(18)23-19)24-21(26)15-25(3)14-17-10-6-5-7-11-17/h5-13H,4,14-15H2,1-3H3,(H,23,24,26)/p+1. The summed E-state index contributed by atoms with van der Waals surface area (Å²) in [4.78, 5) is 18.5. The maximum atomic E-state index is 12.7. The van der Waals surface area contributed by atoms with Crippen molar-refractivity contribution in [3.8, 4) is 0 Å². The number of hydrogen-bond donors (Lipinski definition) is 2. The second-order valence-corrected chi connectivity index (χ2v) is 6.77. The van der Waals surface area contributed by atoms with Crippen LogP contribution in [0.4, 0.5) is 5.69 Å². The van der Waals surface area contributed by atoms with E-state index in [-0.39, 0.29) is 5.91 Å². The van der Waals surface area contributed by atoms with E-state index in [2.05, 4.69) is 24.4 Å². The molecule has 3 rings (SSSR count). The first-order valence-electron chi connectivity index (χ1n) is 9.11. The van der Waals surface area contributed by atoms with Gasteiger partial charge in [-0.3, -0.25) is 9.78 Å². The lowest BCUT2D eigenvalue weighted by Gasteiger charge is -2.17. The van der Waals surface area contributed by atoms with Crippen LogP contribution in [-0.2, 0) is 17.8 Å². The van der Waals surface area contributed by atoms with Gasteiger partial charge in [0.1, 0.15) is 6.54 Å². The Kier molecular flexibility index (Phi) is 5.64. The van der Waals surface area contributed by atoms with E-state index < -0.39 is 0 Å². The summed E-state index contributed by atoms with van der Waals surface area (Å²) in [7, 11) is 2.04. The maximum Gasteiger partial charge on any atom is 0.279 e. The van der Waals surface area contributed by atoms with Crippen molar-refractivity contribution in [1.29, 1.82) is 0 Å². The number of aryl methyl sites for hydroxylation is 1. The maximum absolute atomic E-state index is 12.7. The van der Waals surface area contributed by atoms with Gasteiger partial charge in [-0.25, -0.2) is 0 Å². The van der Waals surface area contributed by atoms with Crippen LogP contribution in [-0.4, -0.2) is 24.5 Å². The molecule has 1 amide bonds. The zero-order valence-electron chi connectivity index (χ0n) is 15.7. The van der Waals surface area contributed by atoms with Crippen molar-refractivity contribution in [2.45, 2.75) is 26.8 Å². The highest BCUT2D eigenvalue weighted by molar-refractivity contribution is 6.02. The summed E-state index contributed by atoms with van der Waals surface area (Å²) in [6.07, 6.45) is 0.846. The Morgan fingerprint density at radius 3 is 2.50 bits per heavy atom. The summed E-state index contributed by atoms with van der Waals surface area (Å²) in [5, 5.41) is 4.14. The third-order valence-electron chi connectivity index (χ3n) is 4.65. The summed E-state index contributed by atoms with van der Waals surface area (Å²) in [5.41, 5.74) is 5.14. The predicted octanol–water partition coefficient (Wildman–Crippen LogP) is 2.76. The number of para-hydroxylation sites is 1. The Balaban J connectivity index is 1.77. The monoisotopic (exact) mass is 348 g/mol. The van der Waals surface area contributed by atoms with E-state index in [0.29, 0.717) is 6.54 Å². The highest BCUT2D eigenvalue weighted by Crippen LogP contribution is 2.28. The fraction of sp³-hybridized carbons (Fsp3) is 0.273. The molecule has 0 radical (unpaired) electrons. The van der Waals surface area contributed by atoms with Gasteiger partial charge in [-0.2, -0.15) is 0 Å². The van der Waals surface area contributed by atoms with Crippen molar-refractivity contribution >= 4 is 22.5 Å². The van der Waals surface area contributed by atoms with Crippen molar-refractivity contribution in [3.63, 3.8) is 0 Å². The van der Waals surface area contributed by atoms with Crippen LogP contribution in [0.25, 0.3) is 10.9 Å². The number of rotatable bonds is 6. The molecule has 0 aliphatic heterocycles. The number of hydrogen-bond acceptors (Lipinski definition) is 2. The largest absolute Gasteiger partial charge is 0.326 e. The number of carbonyl (C=O) groups is 1. The molecule has 134 valence electrons. The number of nitrogens with zero attached hydrogens (tertiary/aromatic N) is 1. The topological polar surface area (TPSA) is 46.4 Å². The minimum absolute atomic E-state index is 0.0277. The molecular formula is C22H26N3O+. The molecule has 0 bridgehead atoms. The lowest BCUT2D eigenvalue weighted by atomic mass is 10.1. The van der Waals surface area contributed by atoms with Gasteiger partial charge in [0.25, 0.3) is 5.91 Å². The molecule has 1 aromatic heterocycles. The smallest absolute Gasteiger partial charge is 0.279 e. The summed E-state index contributed by atoms with van der Waals surface area (Å²) >= 11 is 0. The third kappa shape index (κ3) is 4.09. The van der Waals surface area contributed by atoms with Gasteiger partial charge in [-0.1, -0.05) is 55.5 Å². The Labute approximate surface area is 154 Å². The number of fused-ring (bicyclic) bond motifs is 1. The SMILES string of the molecule is CCc1nc2ccccc2c(NC(=O)C[NH+](C)Cc2ccccc2)c1C. The highest BCUT2D eigenvalue weighted by atomic mass is 16.2. The van der Waals surface area contributed by atoms with Crippen molar-refractivity contribution in [2.24, 2.45) is 0 Å². The first-order chi connectivity index (χ1) is 12.6. The third-order valence-corrected chi connectivity index (χ3v) is 4.65. The number of carbonyl (C=O) groups excluding carboxylic acids is 1. The van der Waals surface area contributed by atoms with Gasteiger partial charge in [0.05, 0.1) is 18.3 Å². The molecule has 0 fully saturated rings. The Hall–Kier alpha value is -2.72. The summed E-state index contributed by atoms with van der Waals surface area (Å²) in [6.45, 7) is 5.37. The molecule has 1 unspecified atom stereocenters. The number of quaternary nitrogens is 1. The molecule has 4 nitrogen and oxygen atoms in total. The molecule has 1 atom stereocenters. The summed E-state index contributed by atoms with van der Waals surface area (Å²) in [5.74, 6) is 0.0277. The van der Waals surface area contributed by atoms with Gasteiger partial charge in [0.2, 0.25) is 0 Å². The van der Waals surface area contributed by atoms with E-state index in [9.17, 15) is 4.79 Å². The zero-order chi connectivity index (χ0) is 18.5. The van der Waals surface area contributed by atoms with Crippen LogP contribution in [0.5, 0.6) is 0 Å². The Morgan fingerprint density at radius 1 is 1.08 bits per heavy atom. The van der Waals surface area contributed by atoms with E-state index in [1.807, 2.05) is 56.4 Å². The number of likely N-dealkylation sites (N-methyl/N-ethyl adjacent to an activating group) is 1. The predicted molar refractivity (Wildman–Crippen MR) is 106 cm³/mol. The average molecular weight is 348 g/mol. The normalized spacial score (nSPS) is 12.1. The second-order valence-electron chi connectivity index (χ2n) is 6.77. The molecule has 0 aliphatic rings. The molecule has 4 heteroatoms. The van der Waals surface area contributed by atoms with Gasteiger partial charge < -0.3 is 10.2 Å². The van der Waals surface area contributed by atoms with Crippen LogP contribution >= 0.6 is 0 Å². The van der Waals surface area contributed by atoms with Gasteiger partial charge >= 0.3 is 0 Å². The molecule has 2 N–H and O–H groups in total. The Morgan fingerprint density at radius 2 is 1.77 bits per heavy atom. The summed E-state index contributed by atoms with van der Waals surface area (Å²) in [6, 6.07) is 18.2. The molecule has 0 saturated carbocycles. The minimum Gasteiger partial charge on any atom is -0.326 e. The zero-order valence-corrected chi connectivity index (χ0v) is 15.7. The Bertz CT molecular complexity index is 906. The molecule has 0 aliphatic carbocycles. The van der Waals surface area contributed by atoms with Gasteiger partial charge in [0.15, 0.2) is 6.54 Å². The minimum atomic E-state index is 0.0277. The van der Waals surface area contributed by atoms with Crippen molar-refractivity contribution in [1.82, 2.24) is 4.98 Å². The van der Waals surface area contributed by atoms with E-state index in [1.54, 1.807) is 0 Å². The second kappa shape index (κ2) is 8.11. The number of nitrogens with one attached hydrogen (secondary N) is 2. The van der Waals surface area contributed by atoms with Crippen LogP contribution in [0, 0.1) is 6.92 Å². The van der Waals surface area contributed by atoms with Gasteiger partial charge in [0, 0.05) is 16.6 Å². The lowest BCUT2D eigenvalue weighted by molar-refractivity contribution is -0.885. The van der Waals surface area contributed by atoms with Crippen LogP contribution in [0.2, 0.25) is 0 Å². The number of amides is 1. The molecule has 2 aromatic carbocycles. The van der Waals surface area contributed by atoms with Crippen LogP contribution < -0.4 is 10.2 Å². The van der Waals surface area contributed by atoms with E-state index in [0.717, 1.165) is 45.7 Å². The molecule has 3 aromatic rings. The molecule has 26 heavy (non-hydrogen) atoms. The number of pyridine rings is 1. The van der Waals surface area contributed by atoms with Crippen LogP contribution in [0.1, 0.15) is 23.7 Å². The van der Waals surface area contributed by atoms with Crippen molar-refractivity contribution < 1.29 is 9.69 Å². The van der Waals surface area contributed by atoms with Crippen molar-refractivity contribution in [2.75, 3.05) is 18.9 Å². The molecule has 1 heterocycles. The molecule has 0 spiro atoms. The molecule has 0 saturated heterocycles. The fourth-order valence-electron chi connectivity index (χ4n) is 3.33. The first kappa shape index (κ1) is 18.1. The van der Waals surface area contributed by atoms with E-state index in [1.165, 1.54) is 5.56 Å². The number of aromatic nitrogens is 1. The van der Waals surface area contributed by atoms with Crippen LogP contribution in [0.15, 0.2) is 54.6 Å². The fourth-order valence-corrected chi connectivity index (χ4v) is 3.33. The average Bonchev–Trinajstić information content (AvgIpc) is 2.64. The highest BCUT2D eigenvalue weighted by Gasteiger charge is 2.16. The van der Waals surface area contributed by atoms with E-state index in [4.69, 9.17) is 4.98 Å². The first-order valence-corrected chi connectivity index (χ1v) is 9.11. The molecular weight excluding hydrogens is 322 g/mol. The van der Waals surface area contributed by atoms with Crippen molar-refractivity contribution in [3.05, 3.63) is 71.4 Å². The lowest BCUT2D eigenvalue weighted by Crippen LogP contribution is -3.08. The van der Waals surface area contributed by atoms with Gasteiger partial charge in [-0.05, 0) is 25.0 Å². The quantitative estimate of drug-likeness (QED) is 0.720. The van der Waals surface area contributed by atoms with E-state index >= 15 is 0 Å².